The number of carbonyl (C=O) groups is 1. The van der Waals surface area contributed by atoms with Crippen LogP contribution in [-0.2, 0) is 16.6 Å². The van der Waals surface area contributed by atoms with E-state index in [1.807, 2.05) is 6.07 Å². The van der Waals surface area contributed by atoms with Crippen molar-refractivity contribution in [3.05, 3.63) is 35.4 Å². The maximum atomic E-state index is 12.7. The first-order valence-corrected chi connectivity index (χ1v) is 16.8. The maximum absolute atomic E-state index is 12.7. The van der Waals surface area contributed by atoms with E-state index >= 15 is 0 Å². The second-order valence-electron chi connectivity index (χ2n) is 13.6. The van der Waals surface area contributed by atoms with Crippen LogP contribution in [-0.4, -0.2) is 53.6 Å². The first kappa shape index (κ1) is 29.0. The standard InChI is InChI=1S/C35H51NO5/c1-3-4-5-6-7-8-9-10-11-12-13-22-39-33(37)40-28-17-16-27-23-29-35(38)19-18-25(2)32-34(35,30(27)31(28)41-32)20-21-36(29)24-26-14-15-26/h16-17,26,29,32,38H,2-15,18-24H2,1H3/t29?,32-,34-,35+/m0/s1. The Morgan fingerprint density at radius 2 is 1.76 bits per heavy atom. The number of nitrogens with zero attached hydrogens (tertiary/aromatic N) is 1. The summed E-state index contributed by atoms with van der Waals surface area (Å²) in [4.78, 5) is 15.3. The summed E-state index contributed by atoms with van der Waals surface area (Å²) >= 11 is 0. The lowest BCUT2D eigenvalue weighted by molar-refractivity contribution is -0.174. The minimum Gasteiger partial charge on any atom is -0.481 e. The average Bonchev–Trinajstić information content (AvgIpc) is 3.70. The molecule has 5 aliphatic rings. The number of carbonyl (C=O) groups excluding carboxylic acids is 1. The van der Waals surface area contributed by atoms with Gasteiger partial charge in [0.1, 0.15) is 6.10 Å². The summed E-state index contributed by atoms with van der Waals surface area (Å²) in [7, 11) is 0. The van der Waals surface area contributed by atoms with Gasteiger partial charge in [-0.25, -0.2) is 4.79 Å². The van der Waals surface area contributed by atoms with Gasteiger partial charge in [0.05, 0.1) is 17.6 Å². The van der Waals surface area contributed by atoms with Crippen LogP contribution in [0.2, 0.25) is 0 Å². The van der Waals surface area contributed by atoms with E-state index in [0.29, 0.717) is 24.5 Å². The van der Waals surface area contributed by atoms with Crippen molar-refractivity contribution in [1.29, 1.82) is 0 Å². The molecule has 2 bridgehead atoms. The van der Waals surface area contributed by atoms with Gasteiger partial charge in [0.15, 0.2) is 11.5 Å². The first-order valence-electron chi connectivity index (χ1n) is 16.8. The number of piperidine rings is 1. The lowest BCUT2D eigenvalue weighted by Gasteiger charge is -2.63. The van der Waals surface area contributed by atoms with Crippen molar-refractivity contribution < 1.29 is 24.1 Å². The van der Waals surface area contributed by atoms with Crippen molar-refractivity contribution in [2.24, 2.45) is 5.92 Å². The Hall–Kier alpha value is -2.05. The largest absolute Gasteiger partial charge is 0.513 e. The van der Waals surface area contributed by atoms with Crippen molar-refractivity contribution in [2.75, 3.05) is 19.7 Å². The fourth-order valence-electron chi connectivity index (χ4n) is 8.50. The van der Waals surface area contributed by atoms with Gasteiger partial charge < -0.3 is 19.3 Å². The summed E-state index contributed by atoms with van der Waals surface area (Å²) in [6.07, 6.45) is 18.6. The molecule has 3 aliphatic carbocycles. The number of benzene rings is 1. The molecule has 6 nitrogen and oxygen atoms in total. The van der Waals surface area contributed by atoms with E-state index in [9.17, 15) is 9.90 Å². The van der Waals surface area contributed by atoms with Gasteiger partial charge >= 0.3 is 6.16 Å². The molecule has 0 radical (unpaired) electrons. The fourth-order valence-corrected chi connectivity index (χ4v) is 8.50. The lowest BCUT2D eigenvalue weighted by atomic mass is 9.48. The van der Waals surface area contributed by atoms with Crippen LogP contribution >= 0.6 is 0 Å². The number of hydrogen-bond donors (Lipinski definition) is 1. The van der Waals surface area contributed by atoms with Crippen molar-refractivity contribution in [3.8, 4) is 11.5 Å². The summed E-state index contributed by atoms with van der Waals surface area (Å²) < 4.78 is 17.8. The Morgan fingerprint density at radius 3 is 2.46 bits per heavy atom. The molecule has 1 aromatic rings. The fraction of sp³-hybridized carbons (Fsp3) is 0.743. The van der Waals surface area contributed by atoms with Gasteiger partial charge in [0, 0.05) is 18.2 Å². The topological polar surface area (TPSA) is 68.2 Å². The number of unbranched alkanes of at least 4 members (excludes halogenated alkanes) is 10. The molecule has 1 aromatic carbocycles. The quantitative estimate of drug-likeness (QED) is 0.102. The van der Waals surface area contributed by atoms with Crippen LogP contribution in [0.25, 0.3) is 0 Å². The molecule has 0 amide bonds. The predicted octanol–water partition coefficient (Wildman–Crippen LogP) is 7.63. The van der Waals surface area contributed by atoms with Gasteiger partial charge in [-0.2, -0.15) is 0 Å². The van der Waals surface area contributed by atoms with Crippen LogP contribution in [0.5, 0.6) is 11.5 Å². The molecule has 0 aromatic heterocycles. The number of likely N-dealkylation sites (tertiary alicyclic amines) is 1. The van der Waals surface area contributed by atoms with E-state index in [0.717, 1.165) is 62.2 Å². The zero-order valence-electron chi connectivity index (χ0n) is 25.3. The Balaban J connectivity index is 1.04. The third-order valence-electron chi connectivity index (χ3n) is 10.9. The molecular formula is C35H51NO5. The van der Waals surface area contributed by atoms with E-state index in [4.69, 9.17) is 14.2 Å². The molecule has 1 N–H and O–H groups in total. The van der Waals surface area contributed by atoms with Crippen LogP contribution in [0.4, 0.5) is 4.79 Å². The molecule has 2 heterocycles. The molecule has 2 saturated carbocycles. The maximum Gasteiger partial charge on any atom is 0.513 e. The number of aliphatic hydroxyl groups is 1. The van der Waals surface area contributed by atoms with Gasteiger partial charge in [0.2, 0.25) is 0 Å². The molecule has 1 saturated heterocycles. The minimum atomic E-state index is -0.863. The third-order valence-corrected chi connectivity index (χ3v) is 10.9. The van der Waals surface area contributed by atoms with Crippen LogP contribution in [0.3, 0.4) is 0 Å². The minimum absolute atomic E-state index is 0.0945. The second-order valence-corrected chi connectivity index (χ2v) is 13.6. The molecular weight excluding hydrogens is 514 g/mol. The molecule has 6 heteroatoms. The molecule has 6 rings (SSSR count). The van der Waals surface area contributed by atoms with Crippen LogP contribution in [0.15, 0.2) is 24.3 Å². The van der Waals surface area contributed by atoms with Crippen molar-refractivity contribution in [2.45, 2.75) is 139 Å². The molecule has 2 aliphatic heterocycles. The van der Waals surface area contributed by atoms with E-state index in [2.05, 4.69) is 24.5 Å². The zero-order chi connectivity index (χ0) is 28.5. The monoisotopic (exact) mass is 565 g/mol. The van der Waals surface area contributed by atoms with Gasteiger partial charge in [-0.15, -0.1) is 0 Å². The Kier molecular flexibility index (Phi) is 8.70. The third kappa shape index (κ3) is 5.44. The van der Waals surface area contributed by atoms with Gasteiger partial charge in [0.25, 0.3) is 0 Å². The van der Waals surface area contributed by atoms with E-state index in [1.54, 1.807) is 0 Å². The molecule has 1 spiro atoms. The Labute approximate surface area is 246 Å². The molecule has 41 heavy (non-hydrogen) atoms. The SMILES string of the molecule is C=C1CC[C@@]2(O)C3Cc4ccc(OC(=O)OCCCCCCCCCCCCC)c5c4[C@@]2(CCN3CC2CC2)[C@H]1O5. The van der Waals surface area contributed by atoms with Crippen LogP contribution < -0.4 is 9.47 Å². The number of hydrogen-bond acceptors (Lipinski definition) is 6. The first-order chi connectivity index (χ1) is 20.0. The Bertz CT molecular complexity index is 1110. The van der Waals surface area contributed by atoms with Crippen molar-refractivity contribution in [3.63, 3.8) is 0 Å². The summed E-state index contributed by atoms with van der Waals surface area (Å²) in [6.45, 7) is 9.06. The van der Waals surface area contributed by atoms with E-state index in [1.165, 1.54) is 76.2 Å². The van der Waals surface area contributed by atoms with Gasteiger partial charge in [-0.05, 0) is 74.6 Å². The molecule has 226 valence electrons. The highest BCUT2D eigenvalue weighted by Gasteiger charge is 2.72. The van der Waals surface area contributed by atoms with E-state index < -0.39 is 17.2 Å². The Morgan fingerprint density at radius 1 is 1.05 bits per heavy atom. The molecule has 3 fully saturated rings. The zero-order valence-corrected chi connectivity index (χ0v) is 25.3. The summed E-state index contributed by atoms with van der Waals surface area (Å²) in [5.41, 5.74) is 1.93. The highest BCUT2D eigenvalue weighted by Crippen LogP contribution is 2.66. The van der Waals surface area contributed by atoms with Crippen LogP contribution in [0, 0.1) is 5.92 Å². The van der Waals surface area contributed by atoms with E-state index in [-0.39, 0.29) is 12.1 Å². The number of rotatable bonds is 15. The highest BCUT2D eigenvalue weighted by molar-refractivity contribution is 5.70. The van der Waals surface area contributed by atoms with Crippen molar-refractivity contribution >= 4 is 6.16 Å². The summed E-state index contributed by atoms with van der Waals surface area (Å²) in [5.74, 6) is 1.81. The van der Waals surface area contributed by atoms with Crippen LogP contribution in [0.1, 0.15) is 121 Å². The average molecular weight is 566 g/mol. The molecule has 1 unspecified atom stereocenters. The summed E-state index contributed by atoms with van der Waals surface area (Å²) in [6, 6.07) is 4.04. The van der Waals surface area contributed by atoms with Gasteiger partial charge in [-0.3, -0.25) is 4.90 Å². The smallest absolute Gasteiger partial charge is 0.481 e. The summed E-state index contributed by atoms with van der Waals surface area (Å²) in [5, 5.41) is 12.5. The molecule has 4 atom stereocenters. The lowest BCUT2D eigenvalue weighted by Crippen LogP contribution is -2.75. The van der Waals surface area contributed by atoms with Gasteiger partial charge in [-0.1, -0.05) is 83.8 Å². The normalized spacial score (nSPS) is 29.7. The van der Waals surface area contributed by atoms with Crippen molar-refractivity contribution in [1.82, 2.24) is 4.90 Å². The highest BCUT2D eigenvalue weighted by atomic mass is 16.7. The second kappa shape index (κ2) is 12.3. The number of ether oxygens (including phenoxy) is 3. The predicted molar refractivity (Wildman–Crippen MR) is 161 cm³/mol.